The number of hydrogen-bond donors (Lipinski definition) is 1. The summed E-state index contributed by atoms with van der Waals surface area (Å²) in [7, 11) is 1.89. The van der Waals surface area contributed by atoms with Crippen molar-refractivity contribution in [3.8, 4) is 5.75 Å². The van der Waals surface area contributed by atoms with E-state index in [2.05, 4.69) is 5.10 Å². The Balaban J connectivity index is 1.83. The number of aryl methyl sites for hydroxylation is 2. The van der Waals surface area contributed by atoms with Gasteiger partial charge in [-0.1, -0.05) is 12.1 Å². The summed E-state index contributed by atoms with van der Waals surface area (Å²) < 4.78 is 7.52. The van der Waals surface area contributed by atoms with Gasteiger partial charge in [0.15, 0.2) is 0 Å². The van der Waals surface area contributed by atoms with Crippen molar-refractivity contribution in [2.24, 2.45) is 7.05 Å². The molecule has 0 radical (unpaired) electrons. The van der Waals surface area contributed by atoms with Crippen LogP contribution in [0.2, 0.25) is 0 Å². The normalized spacial score (nSPS) is 16.2. The van der Waals surface area contributed by atoms with E-state index in [0.29, 0.717) is 6.10 Å². The molecule has 2 aromatic rings. The first-order valence-electron chi connectivity index (χ1n) is 7.01. The van der Waals surface area contributed by atoms with Crippen LogP contribution in [0.5, 0.6) is 5.75 Å². The van der Waals surface area contributed by atoms with Gasteiger partial charge in [-0.3, -0.25) is 4.68 Å². The van der Waals surface area contributed by atoms with Crippen LogP contribution in [0, 0.1) is 13.8 Å². The second-order valence-electron chi connectivity index (χ2n) is 5.50. The van der Waals surface area contributed by atoms with Crippen molar-refractivity contribution < 1.29 is 9.84 Å². The largest absolute Gasteiger partial charge is 0.490 e. The van der Waals surface area contributed by atoms with Crippen molar-refractivity contribution in [1.29, 1.82) is 0 Å². The summed E-state index contributed by atoms with van der Waals surface area (Å²) in [6.07, 6.45) is 2.06. The molecule has 20 heavy (non-hydrogen) atoms. The van der Waals surface area contributed by atoms with Crippen LogP contribution in [0.4, 0.5) is 0 Å². The first kappa shape index (κ1) is 13.2. The van der Waals surface area contributed by atoms with Gasteiger partial charge >= 0.3 is 0 Å². The minimum atomic E-state index is -0.640. The standard InChI is InChI=1S/C16H20N2O2/c1-10-15(11(2)18(3)17-10)16(19)12-4-6-13(7-5-12)20-14-8-9-14/h4-7,14,16,19H,8-9H2,1-3H3. The van der Waals surface area contributed by atoms with Gasteiger partial charge in [0.05, 0.1) is 11.8 Å². The summed E-state index contributed by atoms with van der Waals surface area (Å²) in [5.74, 6) is 0.878. The number of hydrogen-bond acceptors (Lipinski definition) is 3. The van der Waals surface area contributed by atoms with Crippen molar-refractivity contribution >= 4 is 0 Å². The molecule has 0 aliphatic heterocycles. The van der Waals surface area contributed by atoms with Gasteiger partial charge in [0.2, 0.25) is 0 Å². The lowest BCUT2D eigenvalue weighted by Crippen LogP contribution is -2.03. The summed E-state index contributed by atoms with van der Waals surface area (Å²) in [6.45, 7) is 3.90. The molecule has 106 valence electrons. The highest BCUT2D eigenvalue weighted by atomic mass is 16.5. The highest BCUT2D eigenvalue weighted by molar-refractivity contribution is 5.37. The molecule has 1 fully saturated rings. The molecule has 0 saturated heterocycles. The number of rotatable bonds is 4. The average molecular weight is 272 g/mol. The van der Waals surface area contributed by atoms with Crippen LogP contribution < -0.4 is 4.74 Å². The number of aliphatic hydroxyl groups excluding tert-OH is 1. The molecule has 0 amide bonds. The highest BCUT2D eigenvalue weighted by Gasteiger charge is 2.24. The Kier molecular flexibility index (Phi) is 3.26. The lowest BCUT2D eigenvalue weighted by molar-refractivity contribution is 0.218. The van der Waals surface area contributed by atoms with Crippen molar-refractivity contribution in [2.75, 3.05) is 0 Å². The topological polar surface area (TPSA) is 47.3 Å². The Morgan fingerprint density at radius 2 is 1.90 bits per heavy atom. The maximum Gasteiger partial charge on any atom is 0.119 e. The fourth-order valence-electron chi connectivity index (χ4n) is 2.46. The van der Waals surface area contributed by atoms with E-state index in [1.165, 1.54) is 0 Å². The number of ether oxygens (including phenoxy) is 1. The molecule has 1 aromatic heterocycles. The monoisotopic (exact) mass is 272 g/mol. The zero-order chi connectivity index (χ0) is 14.3. The number of benzene rings is 1. The Bertz CT molecular complexity index is 612. The van der Waals surface area contributed by atoms with E-state index in [0.717, 1.165) is 41.1 Å². The van der Waals surface area contributed by atoms with Crippen molar-refractivity contribution in [3.63, 3.8) is 0 Å². The fraction of sp³-hybridized carbons (Fsp3) is 0.438. The number of aliphatic hydroxyl groups is 1. The molecule has 1 aliphatic carbocycles. The minimum Gasteiger partial charge on any atom is -0.490 e. The Morgan fingerprint density at radius 1 is 1.25 bits per heavy atom. The van der Waals surface area contributed by atoms with Crippen LogP contribution in [-0.4, -0.2) is 21.0 Å². The molecule has 0 bridgehead atoms. The summed E-state index contributed by atoms with van der Waals surface area (Å²) in [5, 5.41) is 14.9. The van der Waals surface area contributed by atoms with Crippen LogP contribution in [0.3, 0.4) is 0 Å². The van der Waals surface area contributed by atoms with E-state index in [9.17, 15) is 5.11 Å². The van der Waals surface area contributed by atoms with Gasteiger partial charge in [-0.05, 0) is 44.4 Å². The molecule has 1 aliphatic rings. The lowest BCUT2D eigenvalue weighted by atomic mass is 10.00. The first-order valence-corrected chi connectivity index (χ1v) is 7.01. The fourth-order valence-corrected chi connectivity index (χ4v) is 2.46. The minimum absolute atomic E-state index is 0.397. The van der Waals surface area contributed by atoms with Gasteiger partial charge < -0.3 is 9.84 Å². The van der Waals surface area contributed by atoms with Gasteiger partial charge in [-0.2, -0.15) is 5.10 Å². The Morgan fingerprint density at radius 3 is 2.40 bits per heavy atom. The van der Waals surface area contributed by atoms with E-state index >= 15 is 0 Å². The third-order valence-electron chi connectivity index (χ3n) is 3.86. The summed E-state index contributed by atoms with van der Waals surface area (Å²) in [5.41, 5.74) is 3.62. The van der Waals surface area contributed by atoms with E-state index in [-0.39, 0.29) is 0 Å². The molecule has 0 spiro atoms. The average Bonchev–Trinajstić information content (AvgIpc) is 3.19. The van der Waals surface area contributed by atoms with Gasteiger partial charge in [-0.15, -0.1) is 0 Å². The molecular formula is C16H20N2O2. The zero-order valence-electron chi connectivity index (χ0n) is 12.1. The smallest absolute Gasteiger partial charge is 0.119 e. The van der Waals surface area contributed by atoms with E-state index in [1.54, 1.807) is 4.68 Å². The van der Waals surface area contributed by atoms with Crippen LogP contribution in [0.1, 0.15) is 41.5 Å². The summed E-state index contributed by atoms with van der Waals surface area (Å²) in [4.78, 5) is 0. The quantitative estimate of drug-likeness (QED) is 0.930. The Labute approximate surface area is 119 Å². The van der Waals surface area contributed by atoms with Gasteiger partial charge in [0.25, 0.3) is 0 Å². The SMILES string of the molecule is Cc1nn(C)c(C)c1C(O)c1ccc(OC2CC2)cc1. The predicted octanol–water partition coefficient (Wildman–Crippen LogP) is 2.66. The highest BCUT2D eigenvalue weighted by Crippen LogP contribution is 2.30. The molecule has 4 heteroatoms. The number of nitrogens with zero attached hydrogens (tertiary/aromatic N) is 2. The van der Waals surface area contributed by atoms with Gasteiger partial charge in [-0.25, -0.2) is 0 Å². The molecule has 1 saturated carbocycles. The second kappa shape index (κ2) is 4.94. The third kappa shape index (κ3) is 2.43. The van der Waals surface area contributed by atoms with E-state index in [4.69, 9.17) is 4.74 Å². The van der Waals surface area contributed by atoms with Crippen LogP contribution >= 0.6 is 0 Å². The zero-order valence-corrected chi connectivity index (χ0v) is 12.1. The molecule has 1 unspecified atom stereocenters. The van der Waals surface area contributed by atoms with E-state index < -0.39 is 6.10 Å². The maximum atomic E-state index is 10.6. The molecular weight excluding hydrogens is 252 g/mol. The summed E-state index contributed by atoms with van der Waals surface area (Å²) in [6, 6.07) is 7.71. The molecule has 1 atom stereocenters. The van der Waals surface area contributed by atoms with Crippen molar-refractivity contribution in [1.82, 2.24) is 9.78 Å². The molecule has 3 rings (SSSR count). The van der Waals surface area contributed by atoms with Crippen molar-refractivity contribution in [2.45, 2.75) is 38.9 Å². The number of aromatic nitrogens is 2. The molecule has 1 aromatic carbocycles. The van der Waals surface area contributed by atoms with Crippen LogP contribution in [0.25, 0.3) is 0 Å². The van der Waals surface area contributed by atoms with Gasteiger partial charge in [0.1, 0.15) is 11.9 Å². The van der Waals surface area contributed by atoms with Crippen LogP contribution in [-0.2, 0) is 7.05 Å². The molecule has 1 heterocycles. The van der Waals surface area contributed by atoms with Gasteiger partial charge in [0, 0.05) is 18.3 Å². The maximum absolute atomic E-state index is 10.6. The third-order valence-corrected chi connectivity index (χ3v) is 3.86. The summed E-state index contributed by atoms with van der Waals surface area (Å²) >= 11 is 0. The predicted molar refractivity (Wildman–Crippen MR) is 76.8 cm³/mol. The molecule has 4 nitrogen and oxygen atoms in total. The lowest BCUT2D eigenvalue weighted by Gasteiger charge is -2.13. The van der Waals surface area contributed by atoms with E-state index in [1.807, 2.05) is 45.2 Å². The molecule has 1 N–H and O–H groups in total. The Hall–Kier alpha value is -1.81. The van der Waals surface area contributed by atoms with Crippen LogP contribution in [0.15, 0.2) is 24.3 Å². The second-order valence-corrected chi connectivity index (χ2v) is 5.50. The first-order chi connectivity index (χ1) is 9.56. The van der Waals surface area contributed by atoms with Crippen molar-refractivity contribution in [3.05, 3.63) is 46.8 Å².